The first kappa shape index (κ1) is 13.1. The van der Waals surface area contributed by atoms with Gasteiger partial charge >= 0.3 is 0 Å². The number of nitrogens with one attached hydrogen (secondary N) is 1. The van der Waals surface area contributed by atoms with Crippen molar-refractivity contribution in [3.8, 4) is 0 Å². The summed E-state index contributed by atoms with van der Waals surface area (Å²) in [6, 6.07) is 7.61. The standard InChI is InChI=1S/C17H26N2/c1-13-3-4-14(2)16(11-13)17(12-15-5-6-15)19-9-7-18-8-10-19/h3-4,11,15,17-18H,5-10,12H2,1-2H3/t17-/m1/s1. The Morgan fingerprint density at radius 3 is 2.63 bits per heavy atom. The molecule has 1 aliphatic carbocycles. The van der Waals surface area contributed by atoms with E-state index in [0.29, 0.717) is 6.04 Å². The highest BCUT2D eigenvalue weighted by atomic mass is 15.2. The molecular formula is C17H26N2. The zero-order chi connectivity index (χ0) is 13.2. The molecule has 104 valence electrons. The number of piperazine rings is 1. The fraction of sp³-hybridized carbons (Fsp3) is 0.647. The van der Waals surface area contributed by atoms with Gasteiger partial charge < -0.3 is 5.32 Å². The fourth-order valence-corrected chi connectivity index (χ4v) is 3.25. The molecule has 0 aromatic heterocycles. The average molecular weight is 258 g/mol. The molecule has 2 fully saturated rings. The molecule has 2 heteroatoms. The van der Waals surface area contributed by atoms with Crippen molar-refractivity contribution >= 4 is 0 Å². The van der Waals surface area contributed by atoms with Gasteiger partial charge in [-0.1, -0.05) is 36.6 Å². The number of nitrogens with zero attached hydrogens (tertiary/aromatic N) is 1. The number of hydrogen-bond donors (Lipinski definition) is 1. The lowest BCUT2D eigenvalue weighted by molar-refractivity contribution is 0.160. The van der Waals surface area contributed by atoms with Crippen molar-refractivity contribution in [3.05, 3.63) is 34.9 Å². The second-order valence-corrected chi connectivity index (χ2v) is 6.34. The van der Waals surface area contributed by atoms with E-state index in [2.05, 4.69) is 42.3 Å². The summed E-state index contributed by atoms with van der Waals surface area (Å²) in [6.45, 7) is 9.18. The smallest absolute Gasteiger partial charge is 0.0354 e. The minimum Gasteiger partial charge on any atom is -0.314 e. The van der Waals surface area contributed by atoms with Crippen LogP contribution in [-0.2, 0) is 0 Å². The highest BCUT2D eigenvalue weighted by Crippen LogP contribution is 2.41. The van der Waals surface area contributed by atoms with Gasteiger partial charge in [-0.25, -0.2) is 0 Å². The Bertz CT molecular complexity index is 431. The SMILES string of the molecule is Cc1ccc(C)c([C@@H](CC2CC2)N2CCNCC2)c1. The van der Waals surface area contributed by atoms with E-state index in [1.165, 1.54) is 43.5 Å². The Balaban J connectivity index is 1.85. The minimum absolute atomic E-state index is 0.648. The molecular weight excluding hydrogens is 232 g/mol. The molecule has 0 spiro atoms. The largest absolute Gasteiger partial charge is 0.314 e. The highest BCUT2D eigenvalue weighted by molar-refractivity contribution is 5.33. The summed E-state index contributed by atoms with van der Waals surface area (Å²) in [5.74, 6) is 0.986. The van der Waals surface area contributed by atoms with Gasteiger partial charge in [-0.2, -0.15) is 0 Å². The van der Waals surface area contributed by atoms with Crippen molar-refractivity contribution in [1.29, 1.82) is 0 Å². The molecule has 1 heterocycles. The monoisotopic (exact) mass is 258 g/mol. The van der Waals surface area contributed by atoms with E-state index in [1.807, 2.05) is 0 Å². The molecule has 3 rings (SSSR count). The minimum atomic E-state index is 0.648. The summed E-state index contributed by atoms with van der Waals surface area (Å²) in [4.78, 5) is 2.70. The Hall–Kier alpha value is -0.860. The molecule has 0 amide bonds. The molecule has 1 aliphatic heterocycles. The van der Waals surface area contributed by atoms with Crippen molar-refractivity contribution in [3.63, 3.8) is 0 Å². The quantitative estimate of drug-likeness (QED) is 0.893. The van der Waals surface area contributed by atoms with Crippen LogP contribution < -0.4 is 5.32 Å². The van der Waals surface area contributed by atoms with Crippen LogP contribution in [0.25, 0.3) is 0 Å². The maximum atomic E-state index is 3.47. The normalized spacial score (nSPS) is 22.4. The van der Waals surface area contributed by atoms with Crippen LogP contribution in [-0.4, -0.2) is 31.1 Å². The van der Waals surface area contributed by atoms with Crippen LogP contribution in [0.5, 0.6) is 0 Å². The van der Waals surface area contributed by atoms with E-state index in [1.54, 1.807) is 5.56 Å². The van der Waals surface area contributed by atoms with Crippen LogP contribution in [0.3, 0.4) is 0 Å². The lowest BCUT2D eigenvalue weighted by Crippen LogP contribution is -2.45. The fourth-order valence-electron chi connectivity index (χ4n) is 3.25. The predicted octanol–water partition coefficient (Wildman–Crippen LogP) is 3.05. The van der Waals surface area contributed by atoms with Gasteiger partial charge in [-0.05, 0) is 37.3 Å². The van der Waals surface area contributed by atoms with Crippen molar-refractivity contribution in [2.75, 3.05) is 26.2 Å². The number of benzene rings is 1. The second kappa shape index (κ2) is 5.64. The van der Waals surface area contributed by atoms with Gasteiger partial charge in [-0.3, -0.25) is 4.90 Å². The van der Waals surface area contributed by atoms with E-state index in [9.17, 15) is 0 Å². The van der Waals surface area contributed by atoms with E-state index in [-0.39, 0.29) is 0 Å². The van der Waals surface area contributed by atoms with Crippen molar-refractivity contribution < 1.29 is 0 Å². The third kappa shape index (κ3) is 3.18. The van der Waals surface area contributed by atoms with E-state index in [4.69, 9.17) is 0 Å². The average Bonchev–Trinajstić information content (AvgIpc) is 3.24. The third-order valence-corrected chi connectivity index (χ3v) is 4.64. The zero-order valence-electron chi connectivity index (χ0n) is 12.3. The van der Waals surface area contributed by atoms with Crippen LogP contribution in [0.4, 0.5) is 0 Å². The molecule has 19 heavy (non-hydrogen) atoms. The third-order valence-electron chi connectivity index (χ3n) is 4.64. The summed E-state index contributed by atoms with van der Waals surface area (Å²) in [7, 11) is 0. The molecule has 0 unspecified atom stereocenters. The van der Waals surface area contributed by atoms with Crippen molar-refractivity contribution in [1.82, 2.24) is 10.2 Å². The van der Waals surface area contributed by atoms with E-state index < -0.39 is 0 Å². The summed E-state index contributed by atoms with van der Waals surface area (Å²) in [5, 5.41) is 3.47. The van der Waals surface area contributed by atoms with Crippen LogP contribution in [0.2, 0.25) is 0 Å². The maximum absolute atomic E-state index is 3.47. The Labute approximate surface area is 117 Å². The lowest BCUT2D eigenvalue weighted by atomic mass is 9.93. The first-order chi connectivity index (χ1) is 9.24. The summed E-state index contributed by atoms with van der Waals surface area (Å²) < 4.78 is 0. The molecule has 2 aliphatic rings. The second-order valence-electron chi connectivity index (χ2n) is 6.34. The molecule has 1 aromatic carbocycles. The maximum Gasteiger partial charge on any atom is 0.0354 e. The van der Waals surface area contributed by atoms with E-state index >= 15 is 0 Å². The summed E-state index contributed by atoms with van der Waals surface area (Å²) in [5.41, 5.74) is 4.44. The Kier molecular flexibility index (Phi) is 3.90. The molecule has 1 aromatic rings. The number of rotatable bonds is 4. The van der Waals surface area contributed by atoms with Crippen LogP contribution in [0, 0.1) is 19.8 Å². The van der Waals surface area contributed by atoms with Gasteiger partial charge in [0.2, 0.25) is 0 Å². The first-order valence-corrected chi connectivity index (χ1v) is 7.76. The number of hydrogen-bond acceptors (Lipinski definition) is 2. The molecule has 1 saturated heterocycles. The molecule has 1 N–H and O–H groups in total. The van der Waals surface area contributed by atoms with Gasteiger partial charge in [0.25, 0.3) is 0 Å². The highest BCUT2D eigenvalue weighted by Gasteiger charge is 2.31. The topological polar surface area (TPSA) is 15.3 Å². The van der Waals surface area contributed by atoms with Gasteiger partial charge in [-0.15, -0.1) is 0 Å². The van der Waals surface area contributed by atoms with Crippen LogP contribution >= 0.6 is 0 Å². The molecule has 2 nitrogen and oxygen atoms in total. The van der Waals surface area contributed by atoms with Crippen molar-refractivity contribution in [2.45, 2.75) is 39.2 Å². The Morgan fingerprint density at radius 2 is 1.95 bits per heavy atom. The van der Waals surface area contributed by atoms with Crippen molar-refractivity contribution in [2.24, 2.45) is 5.92 Å². The first-order valence-electron chi connectivity index (χ1n) is 7.76. The zero-order valence-corrected chi connectivity index (χ0v) is 12.3. The van der Waals surface area contributed by atoms with Gasteiger partial charge in [0.1, 0.15) is 0 Å². The molecule has 1 atom stereocenters. The number of aryl methyl sites for hydroxylation is 2. The molecule has 0 bridgehead atoms. The van der Waals surface area contributed by atoms with Crippen LogP contribution in [0.1, 0.15) is 42.0 Å². The summed E-state index contributed by atoms with van der Waals surface area (Å²) >= 11 is 0. The van der Waals surface area contributed by atoms with Gasteiger partial charge in [0.05, 0.1) is 0 Å². The summed E-state index contributed by atoms with van der Waals surface area (Å²) in [6.07, 6.45) is 4.27. The van der Waals surface area contributed by atoms with E-state index in [0.717, 1.165) is 19.0 Å². The lowest BCUT2D eigenvalue weighted by Gasteiger charge is -2.36. The predicted molar refractivity (Wildman–Crippen MR) is 80.4 cm³/mol. The van der Waals surface area contributed by atoms with Gasteiger partial charge in [0, 0.05) is 32.2 Å². The van der Waals surface area contributed by atoms with Gasteiger partial charge in [0.15, 0.2) is 0 Å². The Morgan fingerprint density at radius 1 is 1.21 bits per heavy atom. The molecule has 0 radical (unpaired) electrons. The molecule has 1 saturated carbocycles. The van der Waals surface area contributed by atoms with Crippen LogP contribution in [0.15, 0.2) is 18.2 Å².